The molecule has 108 valence electrons. The van der Waals surface area contributed by atoms with Gasteiger partial charge in [0.15, 0.2) is 6.29 Å². The number of hydrogen-bond donors (Lipinski definition) is 0. The van der Waals surface area contributed by atoms with Crippen LogP contribution >= 0.6 is 0 Å². The van der Waals surface area contributed by atoms with E-state index in [1.165, 1.54) is 12.1 Å². The maximum Gasteiger partial charge on any atom is 0.270 e. The molecule has 0 bridgehead atoms. The zero-order chi connectivity index (χ0) is 15.4. The van der Waals surface area contributed by atoms with E-state index in [1.807, 2.05) is 0 Å². The maximum absolute atomic E-state index is 13.4. The van der Waals surface area contributed by atoms with E-state index in [-0.39, 0.29) is 22.6 Å². The van der Waals surface area contributed by atoms with E-state index in [9.17, 15) is 23.7 Å². The minimum absolute atomic E-state index is 0.0123. The molecule has 0 heterocycles. The van der Waals surface area contributed by atoms with E-state index < -0.39 is 23.2 Å². The van der Waals surface area contributed by atoms with Crippen LogP contribution in [-0.2, 0) is 6.61 Å². The third-order valence-electron chi connectivity index (χ3n) is 2.76. The summed E-state index contributed by atoms with van der Waals surface area (Å²) >= 11 is 0. The van der Waals surface area contributed by atoms with Gasteiger partial charge in [0.2, 0.25) is 0 Å². The molecule has 21 heavy (non-hydrogen) atoms. The van der Waals surface area contributed by atoms with Crippen molar-refractivity contribution in [1.29, 1.82) is 0 Å². The molecule has 0 unspecified atom stereocenters. The molecule has 7 heteroatoms. The highest BCUT2D eigenvalue weighted by molar-refractivity contribution is 5.80. The number of non-ortho nitro benzene ring substituents is 1. The fourth-order valence-electron chi connectivity index (χ4n) is 1.69. The molecule has 0 amide bonds. The molecule has 0 fully saturated rings. The average molecular weight is 293 g/mol. The van der Waals surface area contributed by atoms with Crippen molar-refractivity contribution in [3.8, 4) is 5.75 Å². The Morgan fingerprint density at radius 3 is 2.43 bits per heavy atom. The van der Waals surface area contributed by atoms with Crippen LogP contribution < -0.4 is 4.74 Å². The Bertz CT molecular complexity index is 683. The number of ether oxygens (including phenoxy) is 1. The molecule has 2 aromatic carbocycles. The minimum Gasteiger partial charge on any atom is -0.488 e. The molecule has 5 nitrogen and oxygen atoms in total. The molecule has 0 saturated carbocycles. The van der Waals surface area contributed by atoms with Crippen LogP contribution in [0.15, 0.2) is 36.4 Å². The Morgan fingerprint density at radius 2 is 1.86 bits per heavy atom. The van der Waals surface area contributed by atoms with Crippen molar-refractivity contribution in [2.24, 2.45) is 0 Å². The van der Waals surface area contributed by atoms with Crippen molar-refractivity contribution in [2.45, 2.75) is 6.61 Å². The number of benzene rings is 2. The predicted molar refractivity (Wildman–Crippen MR) is 69.2 cm³/mol. The van der Waals surface area contributed by atoms with Gasteiger partial charge in [0.25, 0.3) is 5.69 Å². The second kappa shape index (κ2) is 6.08. The van der Waals surface area contributed by atoms with Gasteiger partial charge in [-0.1, -0.05) is 6.07 Å². The van der Waals surface area contributed by atoms with Gasteiger partial charge in [-0.25, -0.2) is 8.78 Å². The lowest BCUT2D eigenvalue weighted by atomic mass is 10.2. The lowest BCUT2D eigenvalue weighted by Crippen LogP contribution is -2.03. The summed E-state index contributed by atoms with van der Waals surface area (Å²) in [5.41, 5.74) is -0.629. The molecule has 0 aliphatic heterocycles. The summed E-state index contributed by atoms with van der Waals surface area (Å²) in [5.74, 6) is -1.53. The fourth-order valence-corrected chi connectivity index (χ4v) is 1.69. The summed E-state index contributed by atoms with van der Waals surface area (Å²) in [5, 5.41) is 10.6. The monoisotopic (exact) mass is 293 g/mol. The summed E-state index contributed by atoms with van der Waals surface area (Å²) in [6.07, 6.45) is 0.375. The molecule has 0 saturated heterocycles. The quantitative estimate of drug-likeness (QED) is 0.482. The molecule has 0 atom stereocenters. The van der Waals surface area contributed by atoms with E-state index in [4.69, 9.17) is 4.74 Å². The highest BCUT2D eigenvalue weighted by Crippen LogP contribution is 2.24. The number of halogens is 2. The Balaban J connectivity index is 2.24. The van der Waals surface area contributed by atoms with E-state index in [2.05, 4.69) is 0 Å². The van der Waals surface area contributed by atoms with Crippen LogP contribution in [0.2, 0.25) is 0 Å². The summed E-state index contributed by atoms with van der Waals surface area (Å²) in [6.45, 7) is -0.433. The number of aldehydes is 1. The zero-order valence-corrected chi connectivity index (χ0v) is 10.6. The zero-order valence-electron chi connectivity index (χ0n) is 10.6. The first-order valence-electron chi connectivity index (χ1n) is 5.82. The van der Waals surface area contributed by atoms with Gasteiger partial charge < -0.3 is 4.74 Å². The van der Waals surface area contributed by atoms with Crippen molar-refractivity contribution in [3.05, 3.63) is 69.3 Å². The Kier molecular flexibility index (Phi) is 4.22. The van der Waals surface area contributed by atoms with Crippen LogP contribution in [-0.4, -0.2) is 11.2 Å². The summed E-state index contributed by atoms with van der Waals surface area (Å²) in [4.78, 5) is 20.8. The molecule has 0 radical (unpaired) electrons. The van der Waals surface area contributed by atoms with Gasteiger partial charge in [0.1, 0.15) is 24.0 Å². The van der Waals surface area contributed by atoms with Crippen molar-refractivity contribution in [3.63, 3.8) is 0 Å². The normalized spacial score (nSPS) is 10.2. The van der Waals surface area contributed by atoms with Gasteiger partial charge in [-0.05, 0) is 18.2 Å². The average Bonchev–Trinajstić information content (AvgIpc) is 2.46. The van der Waals surface area contributed by atoms with Crippen LogP contribution in [0, 0.1) is 21.7 Å². The van der Waals surface area contributed by atoms with Gasteiger partial charge >= 0.3 is 0 Å². The molecule has 0 aliphatic carbocycles. The summed E-state index contributed by atoms with van der Waals surface area (Å²) in [6, 6.07) is 6.76. The van der Waals surface area contributed by atoms with Crippen LogP contribution in [0.25, 0.3) is 0 Å². The highest BCUT2D eigenvalue weighted by Gasteiger charge is 2.13. The molecule has 0 aromatic heterocycles. The van der Waals surface area contributed by atoms with Crippen LogP contribution in [0.3, 0.4) is 0 Å². The molecular formula is C14H9F2NO4. The lowest BCUT2D eigenvalue weighted by Gasteiger charge is -2.09. The smallest absolute Gasteiger partial charge is 0.270 e. The third kappa shape index (κ3) is 3.19. The van der Waals surface area contributed by atoms with Gasteiger partial charge in [-0.3, -0.25) is 14.9 Å². The summed E-state index contributed by atoms with van der Waals surface area (Å²) < 4.78 is 32.0. The fraction of sp³-hybridized carbons (Fsp3) is 0.0714. The van der Waals surface area contributed by atoms with Crippen molar-refractivity contribution in [2.75, 3.05) is 0 Å². The molecular weight excluding hydrogens is 284 g/mol. The number of nitro benzene ring substituents is 1. The second-order valence-corrected chi connectivity index (χ2v) is 4.09. The number of carbonyl (C=O) groups is 1. The van der Waals surface area contributed by atoms with E-state index >= 15 is 0 Å². The van der Waals surface area contributed by atoms with Crippen molar-refractivity contribution >= 4 is 12.0 Å². The SMILES string of the molecule is O=Cc1cc([N+](=O)[O-])ccc1OCc1c(F)cccc1F. The summed E-state index contributed by atoms with van der Waals surface area (Å²) in [7, 11) is 0. The largest absolute Gasteiger partial charge is 0.488 e. The second-order valence-electron chi connectivity index (χ2n) is 4.09. The van der Waals surface area contributed by atoms with Crippen molar-refractivity contribution in [1.82, 2.24) is 0 Å². The first-order chi connectivity index (χ1) is 10.0. The Morgan fingerprint density at radius 1 is 1.19 bits per heavy atom. The number of rotatable bonds is 5. The molecule has 0 aliphatic rings. The first kappa shape index (κ1) is 14.6. The number of hydrogen-bond acceptors (Lipinski definition) is 4. The minimum atomic E-state index is -0.774. The van der Waals surface area contributed by atoms with Crippen molar-refractivity contribution < 1.29 is 23.2 Å². The van der Waals surface area contributed by atoms with Gasteiger partial charge in [-0.2, -0.15) is 0 Å². The topological polar surface area (TPSA) is 69.4 Å². The molecule has 0 spiro atoms. The first-order valence-corrected chi connectivity index (χ1v) is 5.82. The van der Waals surface area contributed by atoms with E-state index in [1.54, 1.807) is 0 Å². The molecule has 0 N–H and O–H groups in total. The number of carbonyl (C=O) groups excluding carboxylic acids is 1. The van der Waals surface area contributed by atoms with Crippen LogP contribution in [0.5, 0.6) is 5.75 Å². The van der Waals surface area contributed by atoms with Gasteiger partial charge in [-0.15, -0.1) is 0 Å². The molecule has 2 rings (SSSR count). The third-order valence-corrected chi connectivity index (χ3v) is 2.76. The molecule has 2 aromatic rings. The Hall–Kier alpha value is -2.83. The number of nitro groups is 1. The number of nitrogens with zero attached hydrogens (tertiary/aromatic N) is 1. The van der Waals surface area contributed by atoms with Gasteiger partial charge in [0, 0.05) is 12.1 Å². The standard InChI is InChI=1S/C14H9F2NO4/c15-12-2-1-3-13(16)11(12)8-21-14-5-4-10(17(19)20)6-9(14)7-18/h1-7H,8H2. The van der Waals surface area contributed by atoms with Gasteiger partial charge in [0.05, 0.1) is 16.1 Å². The van der Waals surface area contributed by atoms with E-state index in [0.717, 1.165) is 24.3 Å². The maximum atomic E-state index is 13.4. The highest BCUT2D eigenvalue weighted by atomic mass is 19.1. The lowest BCUT2D eigenvalue weighted by molar-refractivity contribution is -0.384. The van der Waals surface area contributed by atoms with Crippen LogP contribution in [0.4, 0.5) is 14.5 Å². The van der Waals surface area contributed by atoms with E-state index in [0.29, 0.717) is 6.29 Å². The van der Waals surface area contributed by atoms with Crippen LogP contribution in [0.1, 0.15) is 15.9 Å². The Labute approximate surface area is 117 Å². The predicted octanol–water partition coefficient (Wildman–Crippen LogP) is 3.26.